The summed E-state index contributed by atoms with van der Waals surface area (Å²) in [5, 5.41) is 15.0. The van der Waals surface area contributed by atoms with Crippen LogP contribution in [0.4, 0.5) is 5.95 Å². The van der Waals surface area contributed by atoms with Gasteiger partial charge in [0.05, 0.1) is 5.75 Å². The summed E-state index contributed by atoms with van der Waals surface area (Å²) in [5.74, 6) is 0.0566. The molecule has 0 unspecified atom stereocenters. The standard InChI is InChI=1S/C4H10N6O2S/c5-4-7-8-9-10(4)2-1-3-13(6,11)12/h1-3H2,(H2,5,7,9)(H2,6,11,12). The topological polar surface area (TPSA) is 130 Å². The first kappa shape index (κ1) is 9.86. The summed E-state index contributed by atoms with van der Waals surface area (Å²) >= 11 is 0. The van der Waals surface area contributed by atoms with Crippen LogP contribution in [0.25, 0.3) is 0 Å². The predicted octanol–water partition coefficient (Wildman–Crippen LogP) is -2.07. The fourth-order valence-corrected chi connectivity index (χ4v) is 1.32. The van der Waals surface area contributed by atoms with Gasteiger partial charge in [-0.15, -0.1) is 0 Å². The molecule has 0 atom stereocenters. The molecule has 13 heavy (non-hydrogen) atoms. The average molecular weight is 206 g/mol. The summed E-state index contributed by atoms with van der Waals surface area (Å²) in [7, 11) is -3.41. The van der Waals surface area contributed by atoms with Crippen molar-refractivity contribution in [1.29, 1.82) is 0 Å². The lowest BCUT2D eigenvalue weighted by atomic mass is 10.5. The summed E-state index contributed by atoms with van der Waals surface area (Å²) in [5.41, 5.74) is 5.34. The van der Waals surface area contributed by atoms with Crippen molar-refractivity contribution >= 4 is 16.0 Å². The maximum atomic E-state index is 10.5. The molecular formula is C4H10N6O2S. The highest BCUT2D eigenvalue weighted by Gasteiger charge is 2.04. The number of sulfonamides is 1. The van der Waals surface area contributed by atoms with Crippen LogP contribution < -0.4 is 10.9 Å². The van der Waals surface area contributed by atoms with Crippen molar-refractivity contribution in [3.63, 3.8) is 0 Å². The number of aromatic nitrogens is 4. The number of nitrogen functional groups attached to an aromatic ring is 1. The zero-order valence-electron chi connectivity index (χ0n) is 6.79. The number of nitrogens with two attached hydrogens (primary N) is 2. The number of primary sulfonamides is 1. The Kier molecular flexibility index (Phi) is 2.78. The molecule has 8 nitrogen and oxygen atoms in total. The molecule has 74 valence electrons. The van der Waals surface area contributed by atoms with Crippen LogP contribution in [0.15, 0.2) is 0 Å². The van der Waals surface area contributed by atoms with Crippen LogP contribution in [0.1, 0.15) is 6.42 Å². The first-order chi connectivity index (χ1) is 5.99. The van der Waals surface area contributed by atoms with Crippen molar-refractivity contribution in [2.24, 2.45) is 5.14 Å². The Labute approximate surface area is 75.0 Å². The molecule has 0 aliphatic carbocycles. The van der Waals surface area contributed by atoms with E-state index in [0.717, 1.165) is 0 Å². The minimum atomic E-state index is -3.41. The molecule has 0 saturated carbocycles. The van der Waals surface area contributed by atoms with E-state index < -0.39 is 10.0 Å². The fourth-order valence-electron chi connectivity index (χ4n) is 0.786. The average Bonchev–Trinajstić information content (AvgIpc) is 2.34. The van der Waals surface area contributed by atoms with Gasteiger partial charge in [-0.05, 0) is 16.8 Å². The predicted molar refractivity (Wildman–Crippen MR) is 44.8 cm³/mol. The van der Waals surface area contributed by atoms with Gasteiger partial charge in [0, 0.05) is 6.54 Å². The van der Waals surface area contributed by atoms with E-state index in [2.05, 4.69) is 15.5 Å². The number of tetrazole rings is 1. The maximum absolute atomic E-state index is 10.5. The lowest BCUT2D eigenvalue weighted by Gasteiger charge is -1.99. The van der Waals surface area contributed by atoms with Crippen LogP contribution >= 0.6 is 0 Å². The van der Waals surface area contributed by atoms with E-state index in [4.69, 9.17) is 10.9 Å². The number of anilines is 1. The van der Waals surface area contributed by atoms with Crippen LogP contribution in [0, 0.1) is 0 Å². The van der Waals surface area contributed by atoms with Gasteiger partial charge in [-0.1, -0.05) is 5.10 Å². The van der Waals surface area contributed by atoms with E-state index >= 15 is 0 Å². The number of nitrogens with zero attached hydrogens (tertiary/aromatic N) is 4. The second kappa shape index (κ2) is 3.66. The highest BCUT2D eigenvalue weighted by Crippen LogP contribution is 1.95. The van der Waals surface area contributed by atoms with E-state index in [1.54, 1.807) is 0 Å². The lowest BCUT2D eigenvalue weighted by Crippen LogP contribution is -2.18. The third-order valence-corrected chi connectivity index (χ3v) is 2.22. The second-order valence-corrected chi connectivity index (χ2v) is 4.21. The monoisotopic (exact) mass is 206 g/mol. The van der Waals surface area contributed by atoms with Gasteiger partial charge in [-0.3, -0.25) is 0 Å². The van der Waals surface area contributed by atoms with Crippen molar-refractivity contribution in [2.45, 2.75) is 13.0 Å². The Morgan fingerprint density at radius 3 is 2.62 bits per heavy atom. The maximum Gasteiger partial charge on any atom is 0.240 e. The number of rotatable bonds is 4. The first-order valence-corrected chi connectivity index (χ1v) is 5.23. The van der Waals surface area contributed by atoms with Gasteiger partial charge in [0.1, 0.15) is 0 Å². The van der Waals surface area contributed by atoms with Crippen molar-refractivity contribution in [3.05, 3.63) is 0 Å². The molecule has 0 saturated heterocycles. The second-order valence-electron chi connectivity index (χ2n) is 2.48. The smallest absolute Gasteiger partial charge is 0.240 e. The van der Waals surface area contributed by atoms with Crippen molar-refractivity contribution in [2.75, 3.05) is 11.5 Å². The molecule has 0 aromatic carbocycles. The highest BCUT2D eigenvalue weighted by atomic mass is 32.2. The Balaban J connectivity index is 2.41. The normalized spacial score (nSPS) is 11.8. The van der Waals surface area contributed by atoms with Crippen LogP contribution in [-0.4, -0.2) is 34.4 Å². The molecule has 0 fully saturated rings. The summed E-state index contributed by atoms with van der Waals surface area (Å²) in [4.78, 5) is 0. The third kappa shape index (κ3) is 3.34. The molecule has 1 aromatic heterocycles. The quantitative estimate of drug-likeness (QED) is 0.582. The van der Waals surface area contributed by atoms with Crippen LogP contribution in [0.2, 0.25) is 0 Å². The number of hydrogen-bond acceptors (Lipinski definition) is 6. The summed E-state index contributed by atoms with van der Waals surface area (Å²) in [6.07, 6.45) is 0.341. The van der Waals surface area contributed by atoms with E-state index in [1.165, 1.54) is 4.68 Å². The lowest BCUT2D eigenvalue weighted by molar-refractivity contribution is 0.566. The molecule has 0 aliphatic rings. The van der Waals surface area contributed by atoms with E-state index in [-0.39, 0.29) is 11.7 Å². The summed E-state index contributed by atoms with van der Waals surface area (Å²) < 4.78 is 22.4. The molecule has 0 bridgehead atoms. The molecular weight excluding hydrogens is 196 g/mol. The van der Waals surface area contributed by atoms with Gasteiger partial charge < -0.3 is 5.73 Å². The molecule has 1 aromatic rings. The van der Waals surface area contributed by atoms with Gasteiger partial charge in [0.25, 0.3) is 0 Å². The van der Waals surface area contributed by atoms with Gasteiger partial charge >= 0.3 is 0 Å². The van der Waals surface area contributed by atoms with Gasteiger partial charge in [0.2, 0.25) is 16.0 Å². The Morgan fingerprint density at radius 2 is 2.15 bits per heavy atom. The van der Waals surface area contributed by atoms with Crippen molar-refractivity contribution in [3.8, 4) is 0 Å². The summed E-state index contributed by atoms with van der Waals surface area (Å²) in [6.45, 7) is 0.343. The first-order valence-electron chi connectivity index (χ1n) is 3.51. The molecule has 0 aliphatic heterocycles. The molecule has 1 heterocycles. The number of hydrogen-bond donors (Lipinski definition) is 2. The minimum absolute atomic E-state index is 0.105. The Hall–Kier alpha value is -1.22. The van der Waals surface area contributed by atoms with Gasteiger partial charge in [0.15, 0.2) is 0 Å². The molecule has 4 N–H and O–H groups in total. The zero-order chi connectivity index (χ0) is 9.90. The minimum Gasteiger partial charge on any atom is -0.367 e. The van der Waals surface area contributed by atoms with Crippen LogP contribution in [-0.2, 0) is 16.6 Å². The largest absolute Gasteiger partial charge is 0.367 e. The van der Waals surface area contributed by atoms with Crippen molar-refractivity contribution in [1.82, 2.24) is 20.2 Å². The Bertz CT molecular complexity index is 370. The molecule has 0 radical (unpaired) electrons. The molecule has 0 spiro atoms. The third-order valence-electron chi connectivity index (χ3n) is 1.36. The van der Waals surface area contributed by atoms with Crippen LogP contribution in [0.3, 0.4) is 0 Å². The van der Waals surface area contributed by atoms with E-state index in [1.807, 2.05) is 0 Å². The van der Waals surface area contributed by atoms with E-state index in [0.29, 0.717) is 13.0 Å². The van der Waals surface area contributed by atoms with E-state index in [9.17, 15) is 8.42 Å². The molecule has 9 heteroatoms. The SMILES string of the molecule is Nc1nnnn1CCCS(N)(=O)=O. The van der Waals surface area contributed by atoms with Crippen LogP contribution in [0.5, 0.6) is 0 Å². The number of aryl methyl sites for hydroxylation is 1. The van der Waals surface area contributed by atoms with Gasteiger partial charge in [-0.25, -0.2) is 18.2 Å². The molecule has 1 rings (SSSR count). The highest BCUT2D eigenvalue weighted by molar-refractivity contribution is 7.89. The zero-order valence-corrected chi connectivity index (χ0v) is 7.61. The summed E-state index contributed by atoms with van der Waals surface area (Å²) in [6, 6.07) is 0. The Morgan fingerprint density at radius 1 is 1.46 bits per heavy atom. The fraction of sp³-hybridized carbons (Fsp3) is 0.750. The molecule has 0 amide bonds. The van der Waals surface area contributed by atoms with Gasteiger partial charge in [-0.2, -0.15) is 0 Å². The van der Waals surface area contributed by atoms with Crippen molar-refractivity contribution < 1.29 is 8.42 Å².